The van der Waals surface area contributed by atoms with Gasteiger partial charge in [0, 0.05) is 18.0 Å². The van der Waals surface area contributed by atoms with Crippen LogP contribution >= 0.6 is 0 Å². The van der Waals surface area contributed by atoms with Gasteiger partial charge in [0.05, 0.1) is 18.6 Å². The maximum Gasteiger partial charge on any atom is 0.335 e. The highest BCUT2D eigenvalue weighted by Crippen LogP contribution is 2.36. The average Bonchev–Trinajstić information content (AvgIpc) is 3.36. The number of ether oxygens (including phenoxy) is 2. The fourth-order valence-corrected chi connectivity index (χ4v) is 4.40. The number of carboxylic acids is 2. The van der Waals surface area contributed by atoms with Gasteiger partial charge < -0.3 is 29.9 Å². The molecule has 0 aliphatic carbocycles. The molecule has 0 aromatic rings. The number of carboxylic acid groups (broad SMARTS) is 2. The minimum absolute atomic E-state index is 0.0557. The molecule has 11 heteroatoms. The molecule has 4 N–H and O–H groups in total. The van der Waals surface area contributed by atoms with E-state index in [1.54, 1.807) is 0 Å². The lowest BCUT2D eigenvalue weighted by Gasteiger charge is -2.28. The summed E-state index contributed by atoms with van der Waals surface area (Å²) in [7, 11) is 0. The standard InChI is InChI=1S/C18H27NO4.C4H6O6/c1-4-13-9-11(2)12(3)17(20)22-10-14-5-7-19-8-6-15(16(14)19)23-18(13)21;5-1(3(7)8)2(6)4(9)10/h4,11-12,14-16H,5-10H2,1-3H3;1-2,5-6H,(H,7,8)(H,9,10)/b13-4+;/t11-,12-,14+,15+,16+;/m0./s1. The number of allylic oxidation sites excluding steroid dienone is 1. The Morgan fingerprint density at radius 3 is 2.18 bits per heavy atom. The zero-order chi connectivity index (χ0) is 24.9. The van der Waals surface area contributed by atoms with Gasteiger partial charge in [0.15, 0.2) is 12.2 Å². The van der Waals surface area contributed by atoms with Crippen LogP contribution in [0.15, 0.2) is 11.6 Å². The number of hydrogen-bond acceptors (Lipinski definition) is 9. The largest absolute Gasteiger partial charge is 0.479 e. The Morgan fingerprint density at radius 1 is 1.06 bits per heavy atom. The van der Waals surface area contributed by atoms with E-state index in [1.807, 2.05) is 26.8 Å². The molecule has 3 fully saturated rings. The number of esters is 2. The van der Waals surface area contributed by atoms with Gasteiger partial charge in [-0.1, -0.05) is 19.9 Å². The van der Waals surface area contributed by atoms with Crippen LogP contribution in [-0.4, -0.2) is 93.3 Å². The first-order valence-electron chi connectivity index (χ1n) is 11.1. The molecule has 11 nitrogen and oxygen atoms in total. The second-order valence-electron chi connectivity index (χ2n) is 8.79. The summed E-state index contributed by atoms with van der Waals surface area (Å²) < 4.78 is 11.5. The summed E-state index contributed by atoms with van der Waals surface area (Å²) in [4.78, 5) is 46.8. The average molecular weight is 472 g/mol. The molecular formula is C22H33NO10. The maximum absolute atomic E-state index is 12.5. The van der Waals surface area contributed by atoms with E-state index in [2.05, 4.69) is 4.90 Å². The van der Waals surface area contributed by atoms with Crippen LogP contribution in [0, 0.1) is 17.8 Å². The van der Waals surface area contributed by atoms with Crippen molar-refractivity contribution in [3.63, 3.8) is 0 Å². The van der Waals surface area contributed by atoms with Crippen molar-refractivity contribution < 1.29 is 49.1 Å². The summed E-state index contributed by atoms with van der Waals surface area (Å²) in [6.07, 6.45) is -0.348. The smallest absolute Gasteiger partial charge is 0.335 e. The second kappa shape index (κ2) is 11.6. The molecule has 0 radical (unpaired) electrons. The first-order chi connectivity index (χ1) is 15.5. The number of nitrogens with zero attached hydrogens (tertiary/aromatic N) is 1. The molecule has 7 atom stereocenters. The van der Waals surface area contributed by atoms with Crippen molar-refractivity contribution in [2.45, 2.75) is 64.4 Å². The normalized spacial score (nSPS) is 33.4. The summed E-state index contributed by atoms with van der Waals surface area (Å²) in [6, 6.07) is 0.206. The van der Waals surface area contributed by atoms with Gasteiger partial charge >= 0.3 is 23.9 Å². The molecule has 33 heavy (non-hydrogen) atoms. The molecular weight excluding hydrogens is 438 g/mol. The first-order valence-corrected chi connectivity index (χ1v) is 11.1. The van der Waals surface area contributed by atoms with Crippen LogP contribution in [0.5, 0.6) is 0 Å². The molecule has 3 heterocycles. The molecule has 2 unspecified atom stereocenters. The Kier molecular flexibility index (Phi) is 9.38. The van der Waals surface area contributed by atoms with Crippen molar-refractivity contribution in [3.8, 4) is 0 Å². The van der Waals surface area contributed by atoms with Crippen molar-refractivity contribution in [1.82, 2.24) is 4.90 Å². The van der Waals surface area contributed by atoms with Gasteiger partial charge in [-0.25, -0.2) is 14.4 Å². The van der Waals surface area contributed by atoms with Crippen LogP contribution in [0.25, 0.3) is 0 Å². The number of aliphatic hydroxyl groups excluding tert-OH is 2. The van der Waals surface area contributed by atoms with Crippen LogP contribution in [0.4, 0.5) is 0 Å². The molecule has 0 spiro atoms. The molecule has 0 bridgehead atoms. The predicted molar refractivity (Wildman–Crippen MR) is 113 cm³/mol. The maximum atomic E-state index is 12.5. The third kappa shape index (κ3) is 6.52. The van der Waals surface area contributed by atoms with Gasteiger partial charge in [-0.2, -0.15) is 0 Å². The number of aliphatic hydroxyl groups is 2. The van der Waals surface area contributed by atoms with Crippen molar-refractivity contribution in [3.05, 3.63) is 11.6 Å². The zero-order valence-corrected chi connectivity index (χ0v) is 19.0. The number of aliphatic carboxylic acids is 2. The highest BCUT2D eigenvalue weighted by atomic mass is 16.5. The molecule has 0 saturated carbocycles. The Morgan fingerprint density at radius 2 is 1.64 bits per heavy atom. The Bertz CT molecular complexity index is 763. The summed E-state index contributed by atoms with van der Waals surface area (Å²) in [5.41, 5.74) is 0.672. The summed E-state index contributed by atoms with van der Waals surface area (Å²) in [5.74, 6) is -3.78. The highest BCUT2D eigenvalue weighted by Gasteiger charge is 2.46. The van der Waals surface area contributed by atoms with Gasteiger partial charge in [-0.05, 0) is 38.6 Å². The highest BCUT2D eigenvalue weighted by molar-refractivity contribution is 5.88. The first kappa shape index (κ1) is 26.7. The van der Waals surface area contributed by atoms with E-state index < -0.39 is 24.1 Å². The van der Waals surface area contributed by atoms with E-state index in [-0.39, 0.29) is 41.8 Å². The molecule has 0 aromatic heterocycles. The summed E-state index contributed by atoms with van der Waals surface area (Å²) in [6.45, 7) is 8.15. The molecule has 0 aromatic carbocycles. The van der Waals surface area contributed by atoms with E-state index in [9.17, 15) is 19.2 Å². The van der Waals surface area contributed by atoms with Crippen molar-refractivity contribution in [2.24, 2.45) is 17.8 Å². The van der Waals surface area contributed by atoms with Crippen LogP contribution in [0.3, 0.4) is 0 Å². The van der Waals surface area contributed by atoms with Crippen LogP contribution in [0.2, 0.25) is 0 Å². The van der Waals surface area contributed by atoms with E-state index in [1.165, 1.54) is 0 Å². The van der Waals surface area contributed by atoms with E-state index >= 15 is 0 Å². The fraction of sp³-hybridized carbons (Fsp3) is 0.727. The van der Waals surface area contributed by atoms with E-state index in [0.29, 0.717) is 18.6 Å². The van der Waals surface area contributed by atoms with Gasteiger partial charge in [0.2, 0.25) is 0 Å². The van der Waals surface area contributed by atoms with Gasteiger partial charge in [0.25, 0.3) is 0 Å². The Hall–Kier alpha value is -2.50. The summed E-state index contributed by atoms with van der Waals surface area (Å²) >= 11 is 0. The van der Waals surface area contributed by atoms with Crippen LogP contribution in [-0.2, 0) is 28.7 Å². The lowest BCUT2D eigenvalue weighted by molar-refractivity contribution is -0.165. The SMILES string of the molecule is C/C=C1\C[C@H](C)[C@H](C)C(=O)OC[C@H]2CCN3CC[C@@H](OC1=O)[C@@H]23.O=C(O)C(O)C(O)C(=O)O. The zero-order valence-electron chi connectivity index (χ0n) is 19.0. The minimum Gasteiger partial charge on any atom is -0.479 e. The van der Waals surface area contributed by atoms with Gasteiger partial charge in [-0.15, -0.1) is 0 Å². The number of hydrogen-bond donors (Lipinski definition) is 4. The second-order valence-corrected chi connectivity index (χ2v) is 8.79. The van der Waals surface area contributed by atoms with Crippen molar-refractivity contribution in [2.75, 3.05) is 19.7 Å². The lowest BCUT2D eigenvalue weighted by atomic mass is 9.89. The monoisotopic (exact) mass is 471 g/mol. The van der Waals surface area contributed by atoms with Crippen LogP contribution in [0.1, 0.15) is 40.0 Å². The third-order valence-electron chi connectivity index (χ3n) is 6.65. The lowest BCUT2D eigenvalue weighted by Crippen LogP contribution is -2.39. The third-order valence-corrected chi connectivity index (χ3v) is 6.65. The predicted octanol–water partition coefficient (Wildman–Crippen LogP) is 0.0352. The minimum atomic E-state index is -2.27. The van der Waals surface area contributed by atoms with Gasteiger partial charge in [-0.3, -0.25) is 9.69 Å². The Balaban J connectivity index is 0.000000328. The van der Waals surface area contributed by atoms with Crippen molar-refractivity contribution in [1.29, 1.82) is 0 Å². The molecule has 0 amide bonds. The quantitative estimate of drug-likeness (QED) is 0.323. The molecule has 186 valence electrons. The number of rotatable bonds is 3. The van der Waals surface area contributed by atoms with Crippen molar-refractivity contribution >= 4 is 23.9 Å². The molecule has 3 aliphatic heterocycles. The van der Waals surface area contributed by atoms with Crippen LogP contribution < -0.4 is 0 Å². The number of cyclic esters (lactones) is 1. The topological polar surface area (TPSA) is 171 Å². The summed E-state index contributed by atoms with van der Waals surface area (Å²) in [5, 5.41) is 32.5. The van der Waals surface area contributed by atoms with E-state index in [4.69, 9.17) is 29.9 Å². The fourth-order valence-electron chi connectivity index (χ4n) is 4.40. The Labute approximate surface area is 192 Å². The van der Waals surface area contributed by atoms with E-state index in [0.717, 1.165) is 25.9 Å². The molecule has 3 saturated heterocycles. The molecule has 3 rings (SSSR count). The van der Waals surface area contributed by atoms with Gasteiger partial charge in [0.1, 0.15) is 6.10 Å². The molecule has 3 aliphatic rings. The number of carbonyl (C=O) groups is 4. The number of carbonyl (C=O) groups excluding carboxylic acids is 2.